The molecule has 0 fully saturated rings. The second kappa shape index (κ2) is 8.88. The summed E-state index contributed by atoms with van der Waals surface area (Å²) in [6.45, 7) is 6.01. The van der Waals surface area contributed by atoms with Crippen molar-refractivity contribution in [3.05, 3.63) is 94.8 Å². The molecule has 2 aromatic carbocycles. The number of benzene rings is 3. The van der Waals surface area contributed by atoms with E-state index < -0.39 is 0 Å². The molecule has 7 heteroatoms. The van der Waals surface area contributed by atoms with E-state index in [1.165, 1.54) is 12.1 Å². The summed E-state index contributed by atoms with van der Waals surface area (Å²) in [6, 6.07) is 20.1. The molecule has 5 nitrogen and oxygen atoms in total. The maximum Gasteiger partial charge on any atom is 0.125 e. The number of hydrogen-bond acceptors (Lipinski definition) is 4. The number of anilines is 2. The first-order valence-corrected chi connectivity index (χ1v) is 11.4. The van der Waals surface area contributed by atoms with Crippen molar-refractivity contribution in [3.63, 3.8) is 0 Å². The predicted octanol–water partition coefficient (Wildman–Crippen LogP) is 6.68. The van der Waals surface area contributed by atoms with Crippen molar-refractivity contribution in [1.29, 1.82) is 0 Å². The molecule has 170 valence electrons. The standard InChI is InChI=1S/C27H23ClFN5/c1-16(2)31-24-14-27-25(13-23(24)32-20-8-4-17(3)30-15-20)33-22-11-7-19(29)12-26(22)34(27)21-9-5-18(28)6-10-21/h4-16,32H,1-3H3. The smallest absolute Gasteiger partial charge is 0.125 e. The summed E-state index contributed by atoms with van der Waals surface area (Å²) in [5, 5.41) is 4.85. The minimum Gasteiger partial charge on any atom is -0.352 e. The fourth-order valence-electron chi connectivity index (χ4n) is 3.91. The monoisotopic (exact) mass is 471 g/mol. The third-order valence-electron chi connectivity index (χ3n) is 5.43. The Kier molecular flexibility index (Phi) is 5.75. The lowest BCUT2D eigenvalue weighted by molar-refractivity contribution is 0.629. The number of pyridine rings is 1. The number of nitrogens with one attached hydrogen (secondary N) is 1. The van der Waals surface area contributed by atoms with Gasteiger partial charge in [0.15, 0.2) is 0 Å². The van der Waals surface area contributed by atoms with Gasteiger partial charge in [0, 0.05) is 28.5 Å². The van der Waals surface area contributed by atoms with Crippen LogP contribution in [0.2, 0.25) is 5.02 Å². The van der Waals surface area contributed by atoms with Gasteiger partial charge < -0.3 is 9.88 Å². The third-order valence-corrected chi connectivity index (χ3v) is 5.68. The predicted molar refractivity (Wildman–Crippen MR) is 136 cm³/mol. The van der Waals surface area contributed by atoms with E-state index in [1.807, 2.05) is 73.9 Å². The van der Waals surface area contributed by atoms with Crippen LogP contribution in [0.3, 0.4) is 0 Å². The van der Waals surface area contributed by atoms with Gasteiger partial charge in [0.05, 0.1) is 45.4 Å². The fraction of sp³-hybridized carbons (Fsp3) is 0.148. The van der Waals surface area contributed by atoms with Crippen molar-refractivity contribution in [1.82, 2.24) is 14.5 Å². The second-order valence-electron chi connectivity index (χ2n) is 8.45. The molecule has 1 aromatic heterocycles. The number of aromatic nitrogens is 3. The van der Waals surface area contributed by atoms with Crippen LogP contribution in [-0.4, -0.2) is 20.6 Å². The number of fused-ring (bicyclic) bond motifs is 2. The zero-order chi connectivity index (χ0) is 23.8. The van der Waals surface area contributed by atoms with Gasteiger partial charge in [0.2, 0.25) is 0 Å². The Balaban J connectivity index is 1.82. The normalized spacial score (nSPS) is 12.1. The lowest BCUT2D eigenvalue weighted by atomic mass is 10.1. The van der Waals surface area contributed by atoms with Crippen LogP contribution in [0.25, 0.3) is 28.1 Å². The minimum atomic E-state index is -0.325. The first kappa shape index (κ1) is 22.0. The summed E-state index contributed by atoms with van der Waals surface area (Å²) in [5.41, 5.74) is 6.38. The molecular weight excluding hydrogens is 449 g/mol. The van der Waals surface area contributed by atoms with Crippen molar-refractivity contribution >= 4 is 34.0 Å². The zero-order valence-corrected chi connectivity index (χ0v) is 19.8. The molecule has 0 saturated carbocycles. The van der Waals surface area contributed by atoms with Crippen LogP contribution >= 0.6 is 11.6 Å². The van der Waals surface area contributed by atoms with Crippen LogP contribution in [0.15, 0.2) is 77.9 Å². The molecule has 0 amide bonds. The van der Waals surface area contributed by atoms with Crippen molar-refractivity contribution in [2.24, 2.45) is 4.99 Å². The van der Waals surface area contributed by atoms with Gasteiger partial charge in [-0.1, -0.05) is 11.6 Å². The van der Waals surface area contributed by atoms with E-state index in [2.05, 4.69) is 10.3 Å². The molecule has 3 aromatic rings. The van der Waals surface area contributed by atoms with Crippen LogP contribution in [0, 0.1) is 12.7 Å². The first-order chi connectivity index (χ1) is 16.4. The van der Waals surface area contributed by atoms with E-state index >= 15 is 0 Å². The van der Waals surface area contributed by atoms with Gasteiger partial charge in [-0.3, -0.25) is 9.98 Å². The Hall–Kier alpha value is -3.77. The maximum absolute atomic E-state index is 14.3. The van der Waals surface area contributed by atoms with Gasteiger partial charge in [0.25, 0.3) is 0 Å². The van der Waals surface area contributed by atoms with Gasteiger partial charge >= 0.3 is 0 Å². The Morgan fingerprint density at radius 1 is 1.00 bits per heavy atom. The Labute approximate surface area is 202 Å². The van der Waals surface area contributed by atoms with E-state index in [0.717, 1.165) is 39.5 Å². The summed E-state index contributed by atoms with van der Waals surface area (Å²) in [7, 11) is 0. The molecule has 1 aliphatic heterocycles. The third kappa shape index (κ3) is 4.37. The van der Waals surface area contributed by atoms with E-state index in [4.69, 9.17) is 21.6 Å². The minimum absolute atomic E-state index is 0.0731. The van der Waals surface area contributed by atoms with Crippen LogP contribution < -0.4 is 10.7 Å². The SMILES string of the molecule is Cc1ccc(Nc2cc3nc4ccc(F)cc4n(-c4ccc(Cl)cc4)c-3cc2=NC(C)C)cn1. The summed E-state index contributed by atoms with van der Waals surface area (Å²) < 4.78 is 16.3. The van der Waals surface area contributed by atoms with Crippen LogP contribution in [-0.2, 0) is 0 Å². The van der Waals surface area contributed by atoms with E-state index in [-0.39, 0.29) is 11.9 Å². The topological polar surface area (TPSA) is 55.1 Å². The molecule has 5 rings (SSSR count). The van der Waals surface area contributed by atoms with Crippen molar-refractivity contribution in [3.8, 4) is 17.1 Å². The average Bonchev–Trinajstić information content (AvgIpc) is 2.80. The van der Waals surface area contributed by atoms with Crippen LogP contribution in [0.1, 0.15) is 19.5 Å². The molecule has 34 heavy (non-hydrogen) atoms. The van der Waals surface area contributed by atoms with Gasteiger partial charge in [-0.2, -0.15) is 0 Å². The first-order valence-electron chi connectivity index (χ1n) is 11.0. The number of aryl methyl sites for hydroxylation is 1. The van der Waals surface area contributed by atoms with Crippen molar-refractivity contribution < 1.29 is 4.39 Å². The molecule has 0 bridgehead atoms. The molecule has 2 heterocycles. The summed E-state index contributed by atoms with van der Waals surface area (Å²) in [6.07, 6.45) is 1.79. The quantitative estimate of drug-likeness (QED) is 0.297. The lowest BCUT2D eigenvalue weighted by Gasteiger charge is -2.20. The average molecular weight is 472 g/mol. The van der Waals surface area contributed by atoms with Gasteiger partial charge in [-0.25, -0.2) is 9.37 Å². The van der Waals surface area contributed by atoms with Crippen LogP contribution in [0.4, 0.5) is 15.8 Å². The molecule has 0 saturated heterocycles. The number of hydrogen-bond donors (Lipinski definition) is 1. The van der Waals surface area contributed by atoms with Crippen molar-refractivity contribution in [2.75, 3.05) is 5.32 Å². The fourth-order valence-corrected chi connectivity index (χ4v) is 4.04. The number of halogens is 2. The second-order valence-corrected chi connectivity index (χ2v) is 8.89. The Morgan fingerprint density at radius 2 is 1.79 bits per heavy atom. The number of rotatable bonds is 4. The highest BCUT2D eigenvalue weighted by Crippen LogP contribution is 2.31. The van der Waals surface area contributed by atoms with Crippen LogP contribution in [0.5, 0.6) is 0 Å². The van der Waals surface area contributed by atoms with E-state index in [9.17, 15) is 4.39 Å². The highest BCUT2D eigenvalue weighted by Gasteiger charge is 2.17. The molecule has 0 atom stereocenters. The van der Waals surface area contributed by atoms with Crippen molar-refractivity contribution in [2.45, 2.75) is 26.8 Å². The molecule has 1 N–H and O–H groups in total. The molecule has 0 spiro atoms. The summed E-state index contributed by atoms with van der Waals surface area (Å²) in [4.78, 5) is 14.1. The largest absolute Gasteiger partial charge is 0.352 e. The zero-order valence-electron chi connectivity index (χ0n) is 19.1. The summed E-state index contributed by atoms with van der Waals surface area (Å²) in [5.74, 6) is -0.325. The maximum atomic E-state index is 14.3. The summed E-state index contributed by atoms with van der Waals surface area (Å²) >= 11 is 6.14. The highest BCUT2D eigenvalue weighted by molar-refractivity contribution is 6.30. The van der Waals surface area contributed by atoms with Gasteiger partial charge in [-0.15, -0.1) is 0 Å². The lowest BCUT2D eigenvalue weighted by Crippen LogP contribution is -2.16. The molecule has 0 unspecified atom stereocenters. The Morgan fingerprint density at radius 3 is 2.50 bits per heavy atom. The van der Waals surface area contributed by atoms with E-state index in [0.29, 0.717) is 16.1 Å². The molecular formula is C27H23ClFN5. The molecule has 2 aliphatic rings. The van der Waals surface area contributed by atoms with Gasteiger partial charge in [0.1, 0.15) is 5.82 Å². The highest BCUT2D eigenvalue weighted by atomic mass is 35.5. The molecule has 0 radical (unpaired) electrons. The number of nitrogens with zero attached hydrogens (tertiary/aromatic N) is 4. The Bertz CT molecular complexity index is 1520. The van der Waals surface area contributed by atoms with E-state index in [1.54, 1.807) is 12.3 Å². The molecule has 1 aliphatic carbocycles. The van der Waals surface area contributed by atoms with Gasteiger partial charge in [-0.05, 0) is 81.4 Å².